The topological polar surface area (TPSA) is 57.7 Å². The summed E-state index contributed by atoms with van der Waals surface area (Å²) in [5.74, 6) is -0.779. The van der Waals surface area contributed by atoms with Gasteiger partial charge in [0.15, 0.2) is 0 Å². The van der Waals surface area contributed by atoms with Crippen molar-refractivity contribution in [1.29, 1.82) is 0 Å². The summed E-state index contributed by atoms with van der Waals surface area (Å²) in [5.41, 5.74) is 1.50. The number of fused-ring (bicyclic) bond motifs is 1. The lowest BCUT2D eigenvalue weighted by Gasteiger charge is -2.31. The Morgan fingerprint density at radius 1 is 1.00 bits per heavy atom. The molecule has 2 saturated heterocycles. The zero-order valence-corrected chi connectivity index (χ0v) is 11.1. The third kappa shape index (κ3) is 2.09. The van der Waals surface area contributed by atoms with Crippen molar-refractivity contribution in [3.63, 3.8) is 0 Å². The number of rotatable bonds is 3. The first kappa shape index (κ1) is 12.8. The molecule has 2 aliphatic rings. The smallest absolute Gasteiger partial charge is 0.254 e. The predicted molar refractivity (Wildman–Crippen MR) is 71.7 cm³/mol. The van der Waals surface area contributed by atoms with Crippen molar-refractivity contribution in [3.05, 3.63) is 35.4 Å². The van der Waals surface area contributed by atoms with Crippen LogP contribution >= 0.6 is 0 Å². The van der Waals surface area contributed by atoms with Crippen LogP contribution in [-0.4, -0.2) is 41.2 Å². The first-order valence-corrected chi connectivity index (χ1v) is 6.87. The Morgan fingerprint density at radius 2 is 1.55 bits per heavy atom. The Hall–Kier alpha value is -2.17. The molecule has 0 aromatic heterocycles. The van der Waals surface area contributed by atoms with E-state index >= 15 is 0 Å². The van der Waals surface area contributed by atoms with Gasteiger partial charge in [-0.1, -0.05) is 24.3 Å². The van der Waals surface area contributed by atoms with Gasteiger partial charge in [-0.3, -0.25) is 24.4 Å². The number of amides is 2. The molecule has 0 bridgehead atoms. The molecule has 0 spiro atoms. The normalized spacial score (nSPS) is 19.4. The lowest BCUT2D eigenvalue weighted by atomic mass is 9.98. The molecule has 0 N–H and O–H groups in total. The minimum Gasteiger partial charge on any atom is -0.298 e. The first-order valence-electron chi connectivity index (χ1n) is 6.87. The van der Waals surface area contributed by atoms with E-state index in [1.807, 2.05) is 0 Å². The Kier molecular flexibility index (Phi) is 3.26. The fraction of sp³-hybridized carbons (Fsp3) is 0.400. The van der Waals surface area contributed by atoms with Gasteiger partial charge in [-0.25, -0.2) is 0 Å². The van der Waals surface area contributed by atoms with Crippen molar-refractivity contribution in [2.45, 2.75) is 19.3 Å². The van der Waals surface area contributed by atoms with Gasteiger partial charge in [0.05, 0.1) is 0 Å². The Labute approximate surface area is 117 Å². The summed E-state index contributed by atoms with van der Waals surface area (Å²) >= 11 is 0. The van der Waals surface area contributed by atoms with E-state index in [-0.39, 0.29) is 11.8 Å². The molecule has 0 unspecified atom stereocenters. The molecule has 5 nitrogen and oxygen atoms in total. The average molecular weight is 272 g/mol. The van der Waals surface area contributed by atoms with Crippen LogP contribution in [-0.2, 0) is 16.0 Å². The van der Waals surface area contributed by atoms with E-state index in [4.69, 9.17) is 0 Å². The second-order valence-corrected chi connectivity index (χ2v) is 5.25. The van der Waals surface area contributed by atoms with Crippen LogP contribution < -0.4 is 0 Å². The first-order chi connectivity index (χ1) is 9.70. The van der Waals surface area contributed by atoms with Crippen LogP contribution in [0.25, 0.3) is 0 Å². The van der Waals surface area contributed by atoms with E-state index in [9.17, 15) is 14.4 Å². The van der Waals surface area contributed by atoms with Gasteiger partial charge in [0.2, 0.25) is 0 Å². The van der Waals surface area contributed by atoms with Gasteiger partial charge >= 0.3 is 0 Å². The highest BCUT2D eigenvalue weighted by atomic mass is 16.2. The highest BCUT2D eigenvalue weighted by molar-refractivity contribution is 6.05. The summed E-state index contributed by atoms with van der Waals surface area (Å²) in [6, 6.07) is 7.02. The van der Waals surface area contributed by atoms with E-state index in [1.54, 1.807) is 34.3 Å². The van der Waals surface area contributed by atoms with Crippen molar-refractivity contribution < 1.29 is 14.4 Å². The van der Waals surface area contributed by atoms with Crippen molar-refractivity contribution >= 4 is 18.1 Å². The third-order valence-electron chi connectivity index (χ3n) is 3.94. The molecule has 2 heterocycles. The van der Waals surface area contributed by atoms with Crippen LogP contribution in [0.15, 0.2) is 24.3 Å². The summed E-state index contributed by atoms with van der Waals surface area (Å²) in [6.07, 6.45) is 3.10. The fourth-order valence-electron chi connectivity index (χ4n) is 2.83. The molecule has 1 aromatic carbocycles. The zero-order valence-electron chi connectivity index (χ0n) is 11.1. The summed E-state index contributed by atoms with van der Waals surface area (Å²) < 4.78 is 0. The molecule has 0 aliphatic carbocycles. The molecule has 0 radical (unpaired) electrons. The SMILES string of the molecule is O=Cc1ccc(CC2C(=O)N3CCCCN3C2=O)cc1. The molecular weight excluding hydrogens is 256 g/mol. The molecule has 0 atom stereocenters. The maximum atomic E-state index is 12.3. The third-order valence-corrected chi connectivity index (χ3v) is 3.94. The number of benzene rings is 1. The molecule has 104 valence electrons. The van der Waals surface area contributed by atoms with Crippen LogP contribution in [0.5, 0.6) is 0 Å². The largest absolute Gasteiger partial charge is 0.298 e. The zero-order chi connectivity index (χ0) is 14.1. The van der Waals surface area contributed by atoms with Gasteiger partial charge in [0, 0.05) is 18.7 Å². The van der Waals surface area contributed by atoms with Crippen LogP contribution in [0.4, 0.5) is 0 Å². The second kappa shape index (κ2) is 5.07. The van der Waals surface area contributed by atoms with Crippen molar-refractivity contribution in [3.8, 4) is 0 Å². The molecule has 5 heteroatoms. The van der Waals surface area contributed by atoms with Crippen LogP contribution in [0.1, 0.15) is 28.8 Å². The van der Waals surface area contributed by atoms with Gasteiger partial charge in [-0.15, -0.1) is 0 Å². The summed E-state index contributed by atoms with van der Waals surface area (Å²) in [4.78, 5) is 35.2. The lowest BCUT2D eigenvalue weighted by molar-refractivity contribution is -0.150. The Bertz CT molecular complexity index is 529. The monoisotopic (exact) mass is 272 g/mol. The van der Waals surface area contributed by atoms with E-state index in [0.29, 0.717) is 25.1 Å². The molecule has 0 saturated carbocycles. The highest BCUT2D eigenvalue weighted by Crippen LogP contribution is 2.27. The average Bonchev–Trinajstić information content (AvgIpc) is 2.74. The van der Waals surface area contributed by atoms with E-state index < -0.39 is 5.92 Å². The molecule has 3 rings (SSSR count). The number of carbonyl (C=O) groups is 3. The Balaban J connectivity index is 1.77. The standard InChI is InChI=1S/C15H16N2O3/c18-10-12-5-3-11(4-6-12)9-13-14(19)16-7-1-2-8-17(16)15(13)20/h3-6,10,13H,1-2,7-9H2. The number of hydrogen-bond donors (Lipinski definition) is 0. The van der Waals surface area contributed by atoms with Crippen molar-refractivity contribution in [2.24, 2.45) is 5.92 Å². The molecule has 2 aliphatic heterocycles. The van der Waals surface area contributed by atoms with Gasteiger partial charge in [-0.05, 0) is 24.8 Å². The quantitative estimate of drug-likeness (QED) is 0.610. The molecule has 2 fully saturated rings. The molecule has 1 aromatic rings. The number of carbonyl (C=O) groups excluding carboxylic acids is 3. The molecular formula is C15H16N2O3. The minimum atomic E-state index is -0.602. The number of aldehydes is 1. The maximum Gasteiger partial charge on any atom is 0.254 e. The second-order valence-electron chi connectivity index (χ2n) is 5.25. The highest BCUT2D eigenvalue weighted by Gasteiger charge is 2.45. The number of hydrazine groups is 1. The van der Waals surface area contributed by atoms with E-state index in [0.717, 1.165) is 24.7 Å². The van der Waals surface area contributed by atoms with Crippen LogP contribution in [0, 0.1) is 5.92 Å². The minimum absolute atomic E-state index is 0.0887. The number of nitrogens with zero attached hydrogens (tertiary/aromatic N) is 2. The van der Waals surface area contributed by atoms with Crippen LogP contribution in [0.3, 0.4) is 0 Å². The maximum absolute atomic E-state index is 12.3. The predicted octanol–water partition coefficient (Wildman–Crippen LogP) is 1.04. The number of hydrogen-bond acceptors (Lipinski definition) is 3. The summed E-state index contributed by atoms with van der Waals surface area (Å²) in [5, 5.41) is 3.19. The van der Waals surface area contributed by atoms with Crippen LogP contribution in [0.2, 0.25) is 0 Å². The van der Waals surface area contributed by atoms with Crippen molar-refractivity contribution in [1.82, 2.24) is 10.0 Å². The summed E-state index contributed by atoms with van der Waals surface area (Å²) in [6.45, 7) is 1.29. The molecule has 2 amide bonds. The van der Waals surface area contributed by atoms with Gasteiger partial charge in [0.1, 0.15) is 12.2 Å². The Morgan fingerprint density at radius 3 is 2.05 bits per heavy atom. The lowest BCUT2D eigenvalue weighted by Crippen LogP contribution is -2.45. The van der Waals surface area contributed by atoms with E-state index in [1.165, 1.54) is 0 Å². The fourth-order valence-corrected chi connectivity index (χ4v) is 2.83. The summed E-state index contributed by atoms with van der Waals surface area (Å²) in [7, 11) is 0. The van der Waals surface area contributed by atoms with E-state index in [2.05, 4.69) is 0 Å². The molecule has 20 heavy (non-hydrogen) atoms. The van der Waals surface area contributed by atoms with Gasteiger partial charge in [0.25, 0.3) is 11.8 Å². The van der Waals surface area contributed by atoms with Gasteiger partial charge in [-0.2, -0.15) is 0 Å². The van der Waals surface area contributed by atoms with Gasteiger partial charge < -0.3 is 0 Å². The van der Waals surface area contributed by atoms with Crippen molar-refractivity contribution in [2.75, 3.05) is 13.1 Å².